The largest absolute Gasteiger partial charge is 0.337 e. The van der Waals surface area contributed by atoms with Crippen LogP contribution in [-0.4, -0.2) is 18.7 Å². The fourth-order valence-corrected chi connectivity index (χ4v) is 3.89. The van der Waals surface area contributed by atoms with Gasteiger partial charge in [-0.05, 0) is 48.0 Å². The average molecular weight is 462 g/mol. The summed E-state index contributed by atoms with van der Waals surface area (Å²) in [6, 6.07) is 16.9. The molecule has 0 N–H and O–H groups in total. The number of halogens is 3. The van der Waals surface area contributed by atoms with E-state index in [2.05, 4.69) is 4.98 Å². The number of rotatable bonds is 5. The molecule has 0 spiro atoms. The maximum absolute atomic E-state index is 14.3. The quantitative estimate of drug-likeness (QED) is 0.399. The van der Waals surface area contributed by atoms with Crippen molar-refractivity contribution >= 4 is 11.2 Å². The fraction of sp³-hybridized carbons (Fsp3) is 0.0800. The van der Waals surface area contributed by atoms with Crippen LogP contribution in [0.15, 0.2) is 88.7 Å². The van der Waals surface area contributed by atoms with Crippen LogP contribution in [0, 0.1) is 17.5 Å². The van der Waals surface area contributed by atoms with Gasteiger partial charge in [0.2, 0.25) is 0 Å². The van der Waals surface area contributed by atoms with Gasteiger partial charge in [-0.15, -0.1) is 0 Å². The maximum atomic E-state index is 14.3. The second kappa shape index (κ2) is 8.51. The fourth-order valence-electron chi connectivity index (χ4n) is 3.89. The third-order valence-corrected chi connectivity index (χ3v) is 5.51. The Morgan fingerprint density at radius 1 is 0.794 bits per heavy atom. The van der Waals surface area contributed by atoms with Gasteiger partial charge in [-0.2, -0.15) is 0 Å². The van der Waals surface area contributed by atoms with E-state index < -0.39 is 28.7 Å². The van der Waals surface area contributed by atoms with Crippen LogP contribution in [0.5, 0.6) is 0 Å². The van der Waals surface area contributed by atoms with E-state index in [1.807, 2.05) is 0 Å². The van der Waals surface area contributed by atoms with Gasteiger partial charge >= 0.3 is 5.69 Å². The van der Waals surface area contributed by atoms with Crippen LogP contribution in [0.1, 0.15) is 11.1 Å². The summed E-state index contributed by atoms with van der Waals surface area (Å²) >= 11 is 0. The van der Waals surface area contributed by atoms with E-state index in [-0.39, 0.29) is 35.5 Å². The first-order chi connectivity index (χ1) is 16.4. The Morgan fingerprint density at radius 3 is 2.29 bits per heavy atom. The van der Waals surface area contributed by atoms with E-state index in [9.17, 15) is 22.8 Å². The first kappa shape index (κ1) is 21.4. The van der Waals surface area contributed by atoms with Gasteiger partial charge in [0.15, 0.2) is 11.2 Å². The van der Waals surface area contributed by atoms with Gasteiger partial charge in [0.05, 0.1) is 18.6 Å². The minimum absolute atomic E-state index is 0.0581. The minimum atomic E-state index is -0.747. The summed E-state index contributed by atoms with van der Waals surface area (Å²) < 4.78 is 45.2. The lowest BCUT2D eigenvalue weighted by atomic mass is 10.2. The molecule has 2 aromatic heterocycles. The first-order valence-corrected chi connectivity index (χ1v) is 10.4. The number of nitrogens with zero attached hydrogens (tertiary/aromatic N) is 4. The summed E-state index contributed by atoms with van der Waals surface area (Å²) in [6.45, 7) is -0.197. The molecule has 0 unspecified atom stereocenters. The summed E-state index contributed by atoms with van der Waals surface area (Å²) in [5.41, 5.74) is -0.261. The molecule has 34 heavy (non-hydrogen) atoms. The second-order valence-corrected chi connectivity index (χ2v) is 7.75. The number of hydrogen-bond donors (Lipinski definition) is 0. The van der Waals surface area contributed by atoms with Crippen molar-refractivity contribution < 1.29 is 13.2 Å². The van der Waals surface area contributed by atoms with Gasteiger partial charge in [-0.3, -0.25) is 9.36 Å². The minimum Gasteiger partial charge on any atom is -0.320 e. The van der Waals surface area contributed by atoms with Crippen molar-refractivity contribution in [3.05, 3.63) is 129 Å². The second-order valence-electron chi connectivity index (χ2n) is 7.75. The van der Waals surface area contributed by atoms with Crippen LogP contribution in [0.2, 0.25) is 0 Å². The number of aromatic nitrogens is 4. The standard InChI is InChI=1S/C25H17F3N4O2/c26-18-8-10-20(11-9-18)32-23-22(30(15-29-23)13-16-4-3-6-19(27)12-16)24(33)31(25(32)34)14-17-5-1-2-7-21(17)28/h1-12,15H,13-14H2. The van der Waals surface area contributed by atoms with Gasteiger partial charge < -0.3 is 4.57 Å². The van der Waals surface area contributed by atoms with Crippen LogP contribution in [-0.2, 0) is 13.1 Å². The van der Waals surface area contributed by atoms with Crippen LogP contribution in [0.4, 0.5) is 13.2 Å². The Kier molecular flexibility index (Phi) is 5.37. The normalized spacial score (nSPS) is 11.3. The molecule has 0 atom stereocenters. The van der Waals surface area contributed by atoms with Crippen molar-refractivity contribution in [1.29, 1.82) is 0 Å². The zero-order valence-electron chi connectivity index (χ0n) is 17.7. The van der Waals surface area contributed by atoms with Gasteiger partial charge in [-0.25, -0.2) is 27.5 Å². The molecule has 0 amide bonds. The SMILES string of the molecule is O=c1c2c(ncn2Cc2cccc(F)c2)n(-c2ccc(F)cc2)c(=O)n1Cc1ccccc1F. The molecular weight excluding hydrogens is 445 g/mol. The molecule has 0 radical (unpaired) electrons. The molecule has 0 aliphatic heterocycles. The summed E-state index contributed by atoms with van der Waals surface area (Å²) in [4.78, 5) is 31.2. The summed E-state index contributed by atoms with van der Waals surface area (Å²) in [7, 11) is 0. The maximum Gasteiger partial charge on any atom is 0.337 e. The third-order valence-electron chi connectivity index (χ3n) is 5.51. The Balaban J connectivity index is 1.77. The van der Waals surface area contributed by atoms with Crippen molar-refractivity contribution in [1.82, 2.24) is 18.7 Å². The Hall–Kier alpha value is -4.40. The molecular formula is C25H17F3N4O2. The lowest BCUT2D eigenvalue weighted by Gasteiger charge is -2.13. The van der Waals surface area contributed by atoms with Crippen LogP contribution < -0.4 is 11.2 Å². The van der Waals surface area contributed by atoms with Crippen molar-refractivity contribution in [2.24, 2.45) is 0 Å². The molecule has 0 fully saturated rings. The molecule has 0 saturated carbocycles. The average Bonchev–Trinajstić information content (AvgIpc) is 3.22. The topological polar surface area (TPSA) is 61.8 Å². The smallest absolute Gasteiger partial charge is 0.320 e. The third kappa shape index (κ3) is 3.81. The number of hydrogen-bond acceptors (Lipinski definition) is 3. The van der Waals surface area contributed by atoms with E-state index in [0.717, 1.165) is 4.57 Å². The summed E-state index contributed by atoms with van der Waals surface area (Å²) in [5.74, 6) is -1.48. The number of imidazole rings is 1. The van der Waals surface area contributed by atoms with Crippen LogP contribution >= 0.6 is 0 Å². The monoisotopic (exact) mass is 462 g/mol. The van der Waals surface area contributed by atoms with Crippen LogP contribution in [0.25, 0.3) is 16.9 Å². The van der Waals surface area contributed by atoms with Gasteiger partial charge in [0.25, 0.3) is 5.56 Å². The molecule has 9 heteroatoms. The first-order valence-electron chi connectivity index (χ1n) is 10.4. The zero-order chi connectivity index (χ0) is 23.8. The lowest BCUT2D eigenvalue weighted by molar-refractivity contribution is 0.586. The molecule has 170 valence electrons. The van der Waals surface area contributed by atoms with E-state index in [1.54, 1.807) is 18.2 Å². The summed E-state index contributed by atoms with van der Waals surface area (Å²) in [6.07, 6.45) is 1.38. The molecule has 0 aliphatic carbocycles. The zero-order valence-corrected chi connectivity index (χ0v) is 17.7. The molecule has 0 aliphatic rings. The molecule has 0 bridgehead atoms. The molecule has 2 heterocycles. The Bertz CT molecular complexity index is 1640. The van der Waals surface area contributed by atoms with Crippen molar-refractivity contribution in [2.75, 3.05) is 0 Å². The number of benzene rings is 3. The lowest BCUT2D eigenvalue weighted by Crippen LogP contribution is -2.40. The molecule has 5 rings (SSSR count). The van der Waals surface area contributed by atoms with E-state index >= 15 is 0 Å². The van der Waals surface area contributed by atoms with Crippen LogP contribution in [0.3, 0.4) is 0 Å². The van der Waals surface area contributed by atoms with Gasteiger partial charge in [0.1, 0.15) is 17.5 Å². The highest BCUT2D eigenvalue weighted by Crippen LogP contribution is 2.16. The van der Waals surface area contributed by atoms with E-state index in [4.69, 9.17) is 0 Å². The summed E-state index contributed by atoms with van der Waals surface area (Å²) in [5, 5.41) is 0. The predicted octanol–water partition coefficient (Wildman–Crippen LogP) is 3.86. The van der Waals surface area contributed by atoms with E-state index in [1.165, 1.54) is 70.1 Å². The van der Waals surface area contributed by atoms with Crippen molar-refractivity contribution in [2.45, 2.75) is 13.1 Å². The molecule has 0 saturated heterocycles. The predicted molar refractivity (Wildman–Crippen MR) is 121 cm³/mol. The highest BCUT2D eigenvalue weighted by atomic mass is 19.1. The molecule has 6 nitrogen and oxygen atoms in total. The van der Waals surface area contributed by atoms with Gasteiger partial charge in [0, 0.05) is 12.1 Å². The highest BCUT2D eigenvalue weighted by Gasteiger charge is 2.20. The highest BCUT2D eigenvalue weighted by molar-refractivity contribution is 5.72. The Labute approximate surface area is 190 Å². The van der Waals surface area contributed by atoms with E-state index in [0.29, 0.717) is 5.56 Å². The Morgan fingerprint density at radius 2 is 1.56 bits per heavy atom. The molecule has 5 aromatic rings. The van der Waals surface area contributed by atoms with Crippen molar-refractivity contribution in [3.8, 4) is 5.69 Å². The molecule has 3 aromatic carbocycles. The van der Waals surface area contributed by atoms with Crippen molar-refractivity contribution in [3.63, 3.8) is 0 Å². The van der Waals surface area contributed by atoms with Gasteiger partial charge in [-0.1, -0.05) is 30.3 Å². The number of fused-ring (bicyclic) bond motifs is 1.